The lowest BCUT2D eigenvalue weighted by Gasteiger charge is -2.35. The molecule has 0 amide bonds. The van der Waals surface area contributed by atoms with Gasteiger partial charge < -0.3 is 0 Å². The SMILES string of the molecule is C=CCC(CC=C)(CC=C)c1ccc(C(CC=C)(CC=C)CC=C)cc1. The van der Waals surface area contributed by atoms with Crippen LogP contribution in [0.4, 0.5) is 0 Å². The maximum absolute atomic E-state index is 3.96. The Morgan fingerprint density at radius 2 is 0.654 bits per heavy atom. The van der Waals surface area contributed by atoms with Gasteiger partial charge in [0.05, 0.1) is 0 Å². The van der Waals surface area contributed by atoms with Crippen molar-refractivity contribution in [2.75, 3.05) is 0 Å². The quantitative estimate of drug-likeness (QED) is 0.304. The van der Waals surface area contributed by atoms with Gasteiger partial charge in [-0.05, 0) is 49.7 Å². The summed E-state index contributed by atoms with van der Waals surface area (Å²) in [6, 6.07) is 9.04. The third-order valence-electron chi connectivity index (χ3n) is 5.32. The summed E-state index contributed by atoms with van der Waals surface area (Å²) in [4.78, 5) is 0. The average molecular weight is 347 g/mol. The van der Waals surface area contributed by atoms with E-state index in [0.29, 0.717) is 0 Å². The summed E-state index contributed by atoms with van der Waals surface area (Å²) in [5.41, 5.74) is 2.60. The Morgan fingerprint density at radius 1 is 0.462 bits per heavy atom. The van der Waals surface area contributed by atoms with Crippen LogP contribution in [-0.4, -0.2) is 0 Å². The third kappa shape index (κ3) is 4.85. The van der Waals surface area contributed by atoms with E-state index in [-0.39, 0.29) is 10.8 Å². The minimum Gasteiger partial charge on any atom is -0.103 e. The molecule has 0 spiro atoms. The molecule has 1 aromatic rings. The molecule has 0 N–H and O–H groups in total. The first-order chi connectivity index (χ1) is 12.6. The van der Waals surface area contributed by atoms with Gasteiger partial charge >= 0.3 is 0 Å². The van der Waals surface area contributed by atoms with Crippen molar-refractivity contribution in [3.05, 3.63) is 111 Å². The highest BCUT2D eigenvalue weighted by atomic mass is 14.3. The smallest absolute Gasteiger partial charge is 0.00560 e. The summed E-state index contributed by atoms with van der Waals surface area (Å²) in [5, 5.41) is 0. The Balaban J connectivity index is 3.39. The van der Waals surface area contributed by atoms with Crippen LogP contribution in [0.15, 0.2) is 100 Å². The van der Waals surface area contributed by atoms with Crippen molar-refractivity contribution < 1.29 is 0 Å². The van der Waals surface area contributed by atoms with E-state index in [1.54, 1.807) is 0 Å². The second-order valence-corrected chi connectivity index (χ2v) is 7.09. The van der Waals surface area contributed by atoms with Crippen molar-refractivity contribution >= 4 is 0 Å². The molecular formula is C26H34. The van der Waals surface area contributed by atoms with Crippen LogP contribution in [0, 0.1) is 0 Å². The summed E-state index contributed by atoms with van der Waals surface area (Å²) in [6.45, 7) is 23.8. The fourth-order valence-electron chi connectivity index (χ4n) is 4.04. The fraction of sp³-hybridized carbons (Fsp3) is 0.308. The van der Waals surface area contributed by atoms with Crippen molar-refractivity contribution in [1.29, 1.82) is 0 Å². The number of benzene rings is 1. The van der Waals surface area contributed by atoms with Gasteiger partial charge in [-0.25, -0.2) is 0 Å². The van der Waals surface area contributed by atoms with Gasteiger partial charge in [-0.15, -0.1) is 39.5 Å². The topological polar surface area (TPSA) is 0 Å². The van der Waals surface area contributed by atoms with Crippen molar-refractivity contribution in [3.8, 4) is 0 Å². The maximum atomic E-state index is 3.96. The van der Waals surface area contributed by atoms with Gasteiger partial charge in [0.15, 0.2) is 0 Å². The Kier molecular flexibility index (Phi) is 8.85. The van der Waals surface area contributed by atoms with Crippen molar-refractivity contribution in [3.63, 3.8) is 0 Å². The van der Waals surface area contributed by atoms with Gasteiger partial charge in [0.2, 0.25) is 0 Å². The largest absolute Gasteiger partial charge is 0.103 e. The van der Waals surface area contributed by atoms with E-state index in [0.717, 1.165) is 38.5 Å². The molecule has 0 aliphatic rings. The summed E-state index contributed by atoms with van der Waals surface area (Å²) in [7, 11) is 0. The van der Waals surface area contributed by atoms with Gasteiger partial charge in [-0.1, -0.05) is 60.7 Å². The Labute approximate surface area is 161 Å². The summed E-state index contributed by atoms with van der Waals surface area (Å²) in [5.74, 6) is 0. The molecule has 0 heterocycles. The standard InChI is InChI=1S/C26H34/c1-7-17-25(18-8-2,19-9-3)23-13-15-24(16-14-23)26(20-10-4,21-11-5)22-12-6/h7-16H,1-6,17-22H2. The van der Waals surface area contributed by atoms with E-state index in [4.69, 9.17) is 0 Å². The predicted octanol–water partition coefficient (Wildman–Crippen LogP) is 7.62. The van der Waals surface area contributed by atoms with E-state index < -0.39 is 0 Å². The Hall–Kier alpha value is -2.34. The fourth-order valence-corrected chi connectivity index (χ4v) is 4.04. The molecule has 0 aromatic heterocycles. The summed E-state index contributed by atoms with van der Waals surface area (Å²) >= 11 is 0. The summed E-state index contributed by atoms with van der Waals surface area (Å²) < 4.78 is 0. The van der Waals surface area contributed by atoms with E-state index >= 15 is 0 Å². The molecule has 0 saturated carbocycles. The number of allylic oxidation sites excluding steroid dienone is 6. The van der Waals surface area contributed by atoms with E-state index in [1.165, 1.54) is 11.1 Å². The predicted molar refractivity (Wildman–Crippen MR) is 119 cm³/mol. The summed E-state index contributed by atoms with van der Waals surface area (Å²) in [6.07, 6.45) is 17.4. The molecule has 0 aliphatic carbocycles. The van der Waals surface area contributed by atoms with Crippen LogP contribution in [0.2, 0.25) is 0 Å². The molecule has 0 unspecified atom stereocenters. The van der Waals surface area contributed by atoms with Crippen molar-refractivity contribution in [2.45, 2.75) is 49.4 Å². The molecule has 0 radical (unpaired) electrons. The lowest BCUT2D eigenvalue weighted by molar-refractivity contribution is 0.433. The second-order valence-electron chi connectivity index (χ2n) is 7.09. The molecule has 26 heavy (non-hydrogen) atoms. The maximum Gasteiger partial charge on any atom is 0.00560 e. The highest BCUT2D eigenvalue weighted by molar-refractivity contribution is 5.36. The Bertz CT molecular complexity index is 516. The number of rotatable bonds is 14. The monoisotopic (exact) mass is 346 g/mol. The number of hydrogen-bond acceptors (Lipinski definition) is 0. The zero-order valence-electron chi connectivity index (χ0n) is 16.3. The van der Waals surface area contributed by atoms with Gasteiger partial charge in [0.1, 0.15) is 0 Å². The zero-order chi connectivity index (χ0) is 19.5. The Morgan fingerprint density at radius 3 is 0.808 bits per heavy atom. The molecule has 1 aromatic carbocycles. The highest BCUT2D eigenvalue weighted by Gasteiger charge is 2.31. The van der Waals surface area contributed by atoms with Crippen molar-refractivity contribution in [2.24, 2.45) is 0 Å². The van der Waals surface area contributed by atoms with E-state index in [2.05, 4.69) is 63.7 Å². The van der Waals surface area contributed by atoms with Crippen LogP contribution in [0.5, 0.6) is 0 Å². The van der Waals surface area contributed by atoms with Crippen LogP contribution in [0.1, 0.15) is 49.7 Å². The minimum atomic E-state index is -0.0122. The van der Waals surface area contributed by atoms with Gasteiger partial charge in [-0.3, -0.25) is 0 Å². The highest BCUT2D eigenvalue weighted by Crippen LogP contribution is 2.40. The lowest BCUT2D eigenvalue weighted by atomic mass is 9.69. The first kappa shape index (κ1) is 21.7. The molecule has 138 valence electrons. The third-order valence-corrected chi connectivity index (χ3v) is 5.32. The molecule has 0 saturated heterocycles. The van der Waals surface area contributed by atoms with E-state index in [1.807, 2.05) is 36.5 Å². The van der Waals surface area contributed by atoms with Gasteiger partial charge in [0, 0.05) is 10.8 Å². The second kappa shape index (κ2) is 10.6. The van der Waals surface area contributed by atoms with Gasteiger partial charge in [0.25, 0.3) is 0 Å². The van der Waals surface area contributed by atoms with Crippen LogP contribution in [-0.2, 0) is 10.8 Å². The first-order valence-electron chi connectivity index (χ1n) is 9.34. The zero-order valence-corrected chi connectivity index (χ0v) is 16.3. The first-order valence-corrected chi connectivity index (χ1v) is 9.34. The lowest BCUT2D eigenvalue weighted by Crippen LogP contribution is -2.26. The molecule has 0 heteroatoms. The van der Waals surface area contributed by atoms with E-state index in [9.17, 15) is 0 Å². The minimum absolute atomic E-state index is 0.0122. The number of hydrogen-bond donors (Lipinski definition) is 0. The van der Waals surface area contributed by atoms with Gasteiger partial charge in [-0.2, -0.15) is 0 Å². The van der Waals surface area contributed by atoms with Crippen LogP contribution in [0.25, 0.3) is 0 Å². The molecule has 0 bridgehead atoms. The average Bonchev–Trinajstić information content (AvgIpc) is 2.63. The molecule has 0 fully saturated rings. The molecule has 0 aliphatic heterocycles. The molecular weight excluding hydrogens is 312 g/mol. The van der Waals surface area contributed by atoms with Crippen LogP contribution >= 0.6 is 0 Å². The molecule has 0 nitrogen and oxygen atoms in total. The molecule has 0 atom stereocenters. The normalized spacial score (nSPS) is 11.4. The molecule has 1 rings (SSSR count). The van der Waals surface area contributed by atoms with Crippen LogP contribution in [0.3, 0.4) is 0 Å². The van der Waals surface area contributed by atoms with Crippen LogP contribution < -0.4 is 0 Å². The van der Waals surface area contributed by atoms with Crippen molar-refractivity contribution in [1.82, 2.24) is 0 Å².